The molecule has 0 saturated carbocycles. The molecule has 0 fully saturated rings. The van der Waals surface area contributed by atoms with Gasteiger partial charge in [-0.15, -0.1) is 0 Å². The molecule has 148 valence electrons. The Morgan fingerprint density at radius 3 is 1.69 bits per heavy atom. The van der Waals surface area contributed by atoms with Gasteiger partial charge in [0.25, 0.3) is 0 Å². The fraction of sp³-hybridized carbons (Fsp3) is 0.200. The van der Waals surface area contributed by atoms with E-state index in [1.165, 1.54) is 13.8 Å². The zero-order valence-corrected chi connectivity index (χ0v) is 16.9. The number of carbonyl (C=O) groups excluding carboxylic acids is 2. The number of hydrogen-bond acceptors (Lipinski definition) is 4. The molecule has 0 N–H and O–H groups in total. The van der Waals surface area contributed by atoms with Crippen LogP contribution >= 0.6 is 0 Å². The zero-order valence-electron chi connectivity index (χ0n) is 16.9. The minimum absolute atomic E-state index is 0.150. The van der Waals surface area contributed by atoms with Crippen LogP contribution < -0.4 is 9.47 Å². The zero-order chi connectivity index (χ0) is 20.8. The minimum atomic E-state index is -0.210. The van der Waals surface area contributed by atoms with Crippen molar-refractivity contribution in [2.24, 2.45) is 0 Å². The Morgan fingerprint density at radius 2 is 1.21 bits per heavy atom. The molecule has 3 aromatic rings. The molecule has 0 aliphatic heterocycles. The standard InChI is InChI=1S/C25H24O4/c1-17-14-22(28-15-20-10-6-4-7-11-20)24(19(3)27)25(23(17)18(2)26)29-16-21-12-8-5-9-13-21/h4-14H,15-16H2,1-3H3. The lowest BCUT2D eigenvalue weighted by molar-refractivity contribution is 0.100. The smallest absolute Gasteiger partial charge is 0.167 e. The summed E-state index contributed by atoms with van der Waals surface area (Å²) in [6.07, 6.45) is 0. The van der Waals surface area contributed by atoms with Gasteiger partial charge in [-0.1, -0.05) is 60.7 Å². The van der Waals surface area contributed by atoms with Crippen molar-refractivity contribution in [1.29, 1.82) is 0 Å². The lowest BCUT2D eigenvalue weighted by Crippen LogP contribution is -2.11. The van der Waals surface area contributed by atoms with E-state index in [9.17, 15) is 9.59 Å². The SMILES string of the molecule is CC(=O)c1c(C)cc(OCc2ccccc2)c(C(C)=O)c1OCc1ccccc1. The molecule has 0 atom stereocenters. The molecule has 0 saturated heterocycles. The number of carbonyl (C=O) groups is 2. The molecular weight excluding hydrogens is 364 g/mol. The van der Waals surface area contributed by atoms with Crippen molar-refractivity contribution in [3.8, 4) is 11.5 Å². The molecule has 0 aliphatic carbocycles. The van der Waals surface area contributed by atoms with Gasteiger partial charge >= 0.3 is 0 Å². The molecule has 0 radical (unpaired) electrons. The fourth-order valence-electron chi connectivity index (χ4n) is 3.25. The molecule has 4 nitrogen and oxygen atoms in total. The predicted molar refractivity (Wildman–Crippen MR) is 113 cm³/mol. The molecule has 4 heteroatoms. The summed E-state index contributed by atoms with van der Waals surface area (Å²) in [5.74, 6) is 0.352. The van der Waals surface area contributed by atoms with Crippen molar-refractivity contribution in [2.45, 2.75) is 34.0 Å². The van der Waals surface area contributed by atoms with Crippen molar-refractivity contribution in [3.63, 3.8) is 0 Å². The van der Waals surface area contributed by atoms with E-state index in [1.54, 1.807) is 6.07 Å². The maximum atomic E-state index is 12.5. The van der Waals surface area contributed by atoms with Crippen LogP contribution in [0.15, 0.2) is 66.7 Å². The quantitative estimate of drug-likeness (QED) is 0.474. The van der Waals surface area contributed by atoms with Gasteiger partial charge in [0.05, 0.1) is 5.56 Å². The number of aryl methyl sites for hydroxylation is 1. The number of hydrogen-bond donors (Lipinski definition) is 0. The first-order valence-electron chi connectivity index (χ1n) is 9.50. The van der Waals surface area contributed by atoms with Gasteiger partial charge < -0.3 is 9.47 Å². The van der Waals surface area contributed by atoms with Crippen LogP contribution in [0.3, 0.4) is 0 Å². The highest BCUT2D eigenvalue weighted by Gasteiger charge is 2.24. The van der Waals surface area contributed by atoms with E-state index in [2.05, 4.69) is 0 Å². The number of rotatable bonds is 8. The number of ether oxygens (including phenoxy) is 2. The summed E-state index contributed by atoms with van der Waals surface area (Å²) in [5.41, 5.74) is 3.37. The number of ketones is 2. The fourth-order valence-corrected chi connectivity index (χ4v) is 3.25. The first kappa shape index (κ1) is 20.3. The van der Waals surface area contributed by atoms with Gasteiger partial charge in [-0.05, 0) is 43.5 Å². The van der Waals surface area contributed by atoms with Crippen molar-refractivity contribution >= 4 is 11.6 Å². The third-order valence-corrected chi connectivity index (χ3v) is 4.61. The van der Waals surface area contributed by atoms with Gasteiger partial charge in [0.1, 0.15) is 30.3 Å². The second-order valence-corrected chi connectivity index (χ2v) is 6.93. The Hall–Kier alpha value is -3.40. The third kappa shape index (κ3) is 4.91. The van der Waals surface area contributed by atoms with Crippen LogP contribution in [-0.2, 0) is 13.2 Å². The van der Waals surface area contributed by atoms with Gasteiger partial charge in [0, 0.05) is 0 Å². The van der Waals surface area contributed by atoms with Crippen molar-refractivity contribution in [1.82, 2.24) is 0 Å². The molecule has 0 unspecified atom stereocenters. The maximum absolute atomic E-state index is 12.5. The van der Waals surface area contributed by atoms with Crippen molar-refractivity contribution < 1.29 is 19.1 Å². The van der Waals surface area contributed by atoms with Crippen LogP contribution in [0.5, 0.6) is 11.5 Å². The molecule has 3 rings (SSSR count). The summed E-state index contributed by atoms with van der Waals surface area (Å²) >= 11 is 0. The summed E-state index contributed by atoms with van der Waals surface area (Å²) in [6.45, 7) is 5.33. The van der Waals surface area contributed by atoms with Crippen LogP contribution in [0.25, 0.3) is 0 Å². The topological polar surface area (TPSA) is 52.6 Å². The Bertz CT molecular complexity index is 1010. The summed E-state index contributed by atoms with van der Waals surface area (Å²) in [6, 6.07) is 21.1. The molecule has 0 bridgehead atoms. The largest absolute Gasteiger partial charge is 0.488 e. The van der Waals surface area contributed by atoms with Gasteiger partial charge in [-0.3, -0.25) is 9.59 Å². The molecular formula is C25H24O4. The first-order chi connectivity index (χ1) is 14.0. The predicted octanol–water partition coefficient (Wildman–Crippen LogP) is 5.56. The van der Waals surface area contributed by atoms with Crippen LogP contribution in [0.4, 0.5) is 0 Å². The molecule has 0 amide bonds. The first-order valence-corrected chi connectivity index (χ1v) is 9.50. The molecule has 0 heterocycles. The van der Waals surface area contributed by atoms with Crippen molar-refractivity contribution in [3.05, 3.63) is 94.5 Å². The van der Waals surface area contributed by atoms with Gasteiger partial charge in [0.15, 0.2) is 11.6 Å². The van der Waals surface area contributed by atoms with Gasteiger partial charge in [-0.25, -0.2) is 0 Å². The number of benzene rings is 3. The minimum Gasteiger partial charge on any atom is -0.488 e. The summed E-state index contributed by atoms with van der Waals surface area (Å²) in [5, 5.41) is 0. The van der Waals surface area contributed by atoms with Gasteiger partial charge in [0.2, 0.25) is 0 Å². The van der Waals surface area contributed by atoms with Crippen molar-refractivity contribution in [2.75, 3.05) is 0 Å². The summed E-state index contributed by atoms with van der Waals surface area (Å²) < 4.78 is 12.0. The van der Waals surface area contributed by atoms with E-state index in [1.807, 2.05) is 67.6 Å². The van der Waals surface area contributed by atoms with E-state index in [4.69, 9.17) is 9.47 Å². The Labute approximate surface area is 171 Å². The van der Waals surface area contributed by atoms with E-state index in [-0.39, 0.29) is 23.9 Å². The lowest BCUT2D eigenvalue weighted by Gasteiger charge is -2.19. The molecule has 0 spiro atoms. The third-order valence-electron chi connectivity index (χ3n) is 4.61. The van der Waals surface area contributed by atoms with E-state index < -0.39 is 0 Å². The van der Waals surface area contributed by atoms with E-state index in [0.717, 1.165) is 11.1 Å². The molecule has 29 heavy (non-hydrogen) atoms. The molecule has 0 aromatic heterocycles. The summed E-state index contributed by atoms with van der Waals surface area (Å²) in [4.78, 5) is 24.9. The lowest BCUT2D eigenvalue weighted by atomic mass is 9.97. The monoisotopic (exact) mass is 388 g/mol. The average molecular weight is 388 g/mol. The van der Waals surface area contributed by atoms with Crippen LogP contribution in [-0.4, -0.2) is 11.6 Å². The normalized spacial score (nSPS) is 10.4. The van der Waals surface area contributed by atoms with E-state index >= 15 is 0 Å². The average Bonchev–Trinajstić information content (AvgIpc) is 2.71. The Balaban J connectivity index is 2.01. The van der Waals surface area contributed by atoms with Crippen LogP contribution in [0.1, 0.15) is 51.3 Å². The van der Waals surface area contributed by atoms with Crippen LogP contribution in [0, 0.1) is 6.92 Å². The summed E-state index contributed by atoms with van der Waals surface area (Å²) in [7, 11) is 0. The Kier molecular flexibility index (Phi) is 6.45. The highest BCUT2D eigenvalue weighted by Crippen LogP contribution is 2.37. The highest BCUT2D eigenvalue weighted by atomic mass is 16.5. The highest BCUT2D eigenvalue weighted by molar-refractivity contribution is 6.06. The second-order valence-electron chi connectivity index (χ2n) is 6.93. The Morgan fingerprint density at radius 1 is 0.724 bits per heavy atom. The maximum Gasteiger partial charge on any atom is 0.167 e. The second kappa shape index (κ2) is 9.20. The van der Waals surface area contributed by atoms with E-state index in [0.29, 0.717) is 29.0 Å². The molecule has 0 aliphatic rings. The number of Topliss-reactive ketones (excluding diaryl/α,β-unsaturated/α-hetero) is 2. The van der Waals surface area contributed by atoms with Crippen LogP contribution in [0.2, 0.25) is 0 Å². The molecule has 3 aromatic carbocycles. The van der Waals surface area contributed by atoms with Gasteiger partial charge in [-0.2, -0.15) is 0 Å².